The number of carboxylic acids is 1. The molecule has 0 radical (unpaired) electrons. The van der Waals surface area contributed by atoms with Crippen LogP contribution in [-0.2, 0) is 28.5 Å². The van der Waals surface area contributed by atoms with Gasteiger partial charge in [0.2, 0.25) is 0 Å². The second-order valence-corrected chi connectivity index (χ2v) is 10.9. The number of ether oxygens (including phenoxy) is 2. The van der Waals surface area contributed by atoms with Crippen molar-refractivity contribution in [2.45, 2.75) is 25.9 Å². The summed E-state index contributed by atoms with van der Waals surface area (Å²) in [5.41, 5.74) is 4.62. The van der Waals surface area contributed by atoms with Gasteiger partial charge in [0.1, 0.15) is 5.75 Å². The number of hydrogen-bond donors (Lipinski definition) is 1. The van der Waals surface area contributed by atoms with E-state index in [0.29, 0.717) is 37.4 Å². The second kappa shape index (κ2) is 12.3. The number of carboxylic acid groups (broad SMARTS) is 1. The molecular formula is C31H29F3N2O4S. The maximum absolute atomic E-state index is 13.2. The molecule has 0 spiro atoms. The quantitative estimate of drug-likeness (QED) is 0.232. The number of alkyl halides is 3. The molecule has 5 rings (SSSR count). The number of benzene rings is 3. The number of hydrogen-bond acceptors (Lipinski definition) is 6. The third-order valence-electron chi connectivity index (χ3n) is 6.88. The predicted octanol–water partition coefficient (Wildman–Crippen LogP) is 6.89. The molecule has 6 nitrogen and oxygen atoms in total. The van der Waals surface area contributed by atoms with Crippen LogP contribution in [0.3, 0.4) is 0 Å². The average Bonchev–Trinajstić information content (AvgIpc) is 3.40. The second-order valence-electron chi connectivity index (χ2n) is 9.79. The zero-order valence-electron chi connectivity index (χ0n) is 22.4. The van der Waals surface area contributed by atoms with Crippen LogP contribution in [0.4, 0.5) is 18.9 Å². The van der Waals surface area contributed by atoms with Crippen LogP contribution in [0.5, 0.6) is 5.75 Å². The van der Waals surface area contributed by atoms with Crippen molar-refractivity contribution in [2.75, 3.05) is 37.8 Å². The van der Waals surface area contributed by atoms with Crippen LogP contribution < -0.4 is 9.64 Å². The van der Waals surface area contributed by atoms with Gasteiger partial charge >= 0.3 is 12.1 Å². The molecule has 1 aliphatic rings. The summed E-state index contributed by atoms with van der Waals surface area (Å²) in [6, 6.07) is 19.0. The molecule has 1 fully saturated rings. The average molecular weight is 583 g/mol. The highest BCUT2D eigenvalue weighted by Gasteiger charge is 2.30. The minimum atomic E-state index is -4.40. The van der Waals surface area contributed by atoms with Gasteiger partial charge in [0, 0.05) is 30.8 Å². The molecule has 0 saturated carbocycles. The molecule has 0 bridgehead atoms. The number of aromatic nitrogens is 1. The van der Waals surface area contributed by atoms with Gasteiger partial charge in [0.25, 0.3) is 0 Å². The standard InChI is InChI=1S/C31H29F3N2O4S/c1-20-18-21(2-12-26(20)40-19-28(37)38)3-13-27-35-29(22-6-10-25(11-7-22)36-14-16-39-17-15-36)30(41-27)23-4-8-24(9-5-23)31(32,33)34/h2,4-12,18H,3,13-17,19H2,1H3,(H,37,38). The molecular weight excluding hydrogens is 553 g/mol. The lowest BCUT2D eigenvalue weighted by Gasteiger charge is -2.28. The van der Waals surface area contributed by atoms with E-state index in [2.05, 4.69) is 4.90 Å². The Morgan fingerprint density at radius 1 is 1.00 bits per heavy atom. The van der Waals surface area contributed by atoms with E-state index in [-0.39, 0.29) is 0 Å². The lowest BCUT2D eigenvalue weighted by Crippen LogP contribution is -2.36. The topological polar surface area (TPSA) is 71.9 Å². The van der Waals surface area contributed by atoms with Gasteiger partial charge in [-0.3, -0.25) is 0 Å². The maximum atomic E-state index is 13.2. The molecule has 41 heavy (non-hydrogen) atoms. The molecule has 0 aliphatic carbocycles. The largest absolute Gasteiger partial charge is 0.482 e. The molecule has 0 unspecified atom stereocenters. The third kappa shape index (κ3) is 7.07. The minimum Gasteiger partial charge on any atom is -0.482 e. The Balaban J connectivity index is 1.40. The van der Waals surface area contributed by atoms with Crippen molar-refractivity contribution in [2.24, 2.45) is 0 Å². The van der Waals surface area contributed by atoms with Crippen molar-refractivity contribution in [3.63, 3.8) is 0 Å². The first-order chi connectivity index (χ1) is 19.7. The van der Waals surface area contributed by atoms with Crippen molar-refractivity contribution >= 4 is 23.0 Å². The molecule has 1 aromatic heterocycles. The molecule has 3 aromatic carbocycles. The number of anilines is 1. The molecule has 214 valence electrons. The van der Waals surface area contributed by atoms with Crippen molar-refractivity contribution in [1.29, 1.82) is 0 Å². The number of aryl methyl sites for hydroxylation is 3. The SMILES string of the molecule is Cc1cc(CCc2nc(-c3ccc(N4CCOCC4)cc3)c(-c3ccc(C(F)(F)F)cc3)s2)ccc1OCC(=O)O. The zero-order chi connectivity index (χ0) is 29.0. The Kier molecular flexibility index (Phi) is 8.60. The van der Waals surface area contributed by atoms with Gasteiger partial charge in [-0.15, -0.1) is 11.3 Å². The molecule has 4 aromatic rings. The summed E-state index contributed by atoms with van der Waals surface area (Å²) in [5, 5.41) is 9.73. The molecule has 1 saturated heterocycles. The number of carbonyl (C=O) groups is 1. The third-order valence-corrected chi connectivity index (χ3v) is 8.05. The number of morpholine rings is 1. The number of halogens is 3. The Labute approximate surface area is 240 Å². The fraction of sp³-hybridized carbons (Fsp3) is 0.290. The normalized spacial score (nSPS) is 13.8. The van der Waals surface area contributed by atoms with E-state index in [1.165, 1.54) is 23.5 Å². The number of thiazole rings is 1. The van der Waals surface area contributed by atoms with Crippen molar-refractivity contribution in [1.82, 2.24) is 4.98 Å². The summed E-state index contributed by atoms with van der Waals surface area (Å²) in [5.74, 6) is -0.509. The molecule has 1 aliphatic heterocycles. The Bertz CT molecular complexity index is 1500. The molecule has 0 amide bonds. The van der Waals surface area contributed by atoms with Crippen molar-refractivity contribution in [3.05, 3.63) is 88.4 Å². The monoisotopic (exact) mass is 582 g/mol. The number of nitrogens with zero attached hydrogens (tertiary/aromatic N) is 2. The summed E-state index contributed by atoms with van der Waals surface area (Å²) in [7, 11) is 0. The first-order valence-electron chi connectivity index (χ1n) is 13.2. The Hall–Kier alpha value is -3.89. The van der Waals surface area contributed by atoms with Gasteiger partial charge in [0.05, 0.1) is 34.4 Å². The van der Waals surface area contributed by atoms with Gasteiger partial charge < -0.3 is 19.5 Å². The summed E-state index contributed by atoms with van der Waals surface area (Å²) >= 11 is 1.48. The Morgan fingerprint density at radius 2 is 1.68 bits per heavy atom. The van der Waals surface area contributed by atoms with Crippen molar-refractivity contribution < 1.29 is 32.5 Å². The van der Waals surface area contributed by atoms with E-state index < -0.39 is 24.3 Å². The molecule has 10 heteroatoms. The lowest BCUT2D eigenvalue weighted by molar-refractivity contribution is -0.139. The summed E-state index contributed by atoms with van der Waals surface area (Å²) in [4.78, 5) is 18.8. The maximum Gasteiger partial charge on any atom is 0.416 e. The van der Waals surface area contributed by atoms with Gasteiger partial charge in [-0.25, -0.2) is 9.78 Å². The van der Waals surface area contributed by atoms with E-state index in [1.807, 2.05) is 43.3 Å². The van der Waals surface area contributed by atoms with Crippen molar-refractivity contribution in [3.8, 4) is 27.4 Å². The van der Waals surface area contributed by atoms with E-state index in [4.69, 9.17) is 19.6 Å². The fourth-order valence-electron chi connectivity index (χ4n) is 4.74. The molecule has 1 N–H and O–H groups in total. The van der Waals surface area contributed by atoms with Crippen LogP contribution in [-0.4, -0.2) is 49.0 Å². The molecule has 0 atom stereocenters. The van der Waals surface area contributed by atoms with Crippen LogP contribution in [0.15, 0.2) is 66.7 Å². The minimum absolute atomic E-state index is 0.401. The highest BCUT2D eigenvalue weighted by atomic mass is 32.1. The summed E-state index contributed by atoms with van der Waals surface area (Å²) in [6.07, 6.45) is -3.07. The van der Waals surface area contributed by atoms with E-state index >= 15 is 0 Å². The predicted molar refractivity (Wildman–Crippen MR) is 153 cm³/mol. The number of aliphatic carboxylic acids is 1. The molecule has 2 heterocycles. The summed E-state index contributed by atoms with van der Waals surface area (Å²) in [6.45, 7) is 4.49. The Morgan fingerprint density at radius 3 is 2.32 bits per heavy atom. The van der Waals surface area contributed by atoms with E-state index in [1.54, 1.807) is 6.07 Å². The van der Waals surface area contributed by atoms with Crippen LogP contribution in [0, 0.1) is 6.92 Å². The van der Waals surface area contributed by atoms with Gasteiger partial charge in [0.15, 0.2) is 6.61 Å². The van der Waals surface area contributed by atoms with Crippen LogP contribution in [0.25, 0.3) is 21.7 Å². The van der Waals surface area contributed by atoms with Gasteiger partial charge in [-0.1, -0.05) is 36.4 Å². The van der Waals surface area contributed by atoms with Crippen LogP contribution in [0.1, 0.15) is 21.7 Å². The first kappa shape index (κ1) is 28.6. The van der Waals surface area contributed by atoms with Gasteiger partial charge in [-0.2, -0.15) is 13.2 Å². The lowest BCUT2D eigenvalue weighted by atomic mass is 10.0. The highest BCUT2D eigenvalue weighted by Crippen LogP contribution is 2.39. The fourth-order valence-corrected chi connectivity index (χ4v) is 5.84. The highest BCUT2D eigenvalue weighted by molar-refractivity contribution is 7.15. The van der Waals surface area contributed by atoms with E-state index in [9.17, 15) is 18.0 Å². The summed E-state index contributed by atoms with van der Waals surface area (Å²) < 4.78 is 50.4. The number of rotatable bonds is 9. The van der Waals surface area contributed by atoms with E-state index in [0.717, 1.165) is 63.2 Å². The zero-order valence-corrected chi connectivity index (χ0v) is 23.2. The van der Waals surface area contributed by atoms with Gasteiger partial charge in [-0.05, 0) is 60.4 Å². The van der Waals surface area contributed by atoms with Crippen LogP contribution in [0.2, 0.25) is 0 Å². The first-order valence-corrected chi connectivity index (χ1v) is 14.0. The smallest absolute Gasteiger partial charge is 0.416 e. The van der Waals surface area contributed by atoms with Crippen LogP contribution >= 0.6 is 11.3 Å².